The van der Waals surface area contributed by atoms with Crippen LogP contribution in [0.3, 0.4) is 0 Å². The summed E-state index contributed by atoms with van der Waals surface area (Å²) < 4.78 is 22.4. The Morgan fingerprint density at radius 1 is 1.27 bits per heavy atom. The highest BCUT2D eigenvalue weighted by Gasteiger charge is 2.20. The molecule has 1 aromatic rings. The summed E-state index contributed by atoms with van der Waals surface area (Å²) in [6, 6.07) is 3.70. The van der Waals surface area contributed by atoms with Crippen molar-refractivity contribution in [1.29, 1.82) is 0 Å². The quantitative estimate of drug-likeness (QED) is 0.614. The normalized spacial score (nSPS) is 16.0. The van der Waals surface area contributed by atoms with Crippen LogP contribution < -0.4 is 15.2 Å². The molecule has 2 rings (SSSR count). The Hall–Kier alpha value is -1.50. The average molecular weight is 310 g/mol. The number of nitrogens with two attached hydrogens (primary N) is 1. The fourth-order valence-electron chi connectivity index (χ4n) is 2.32. The van der Waals surface area contributed by atoms with Gasteiger partial charge in [0.25, 0.3) is 0 Å². The molecule has 0 amide bonds. The molecule has 0 bridgehead atoms. The van der Waals surface area contributed by atoms with Gasteiger partial charge in [-0.3, -0.25) is 0 Å². The van der Waals surface area contributed by atoms with Gasteiger partial charge in [-0.1, -0.05) is 0 Å². The van der Waals surface area contributed by atoms with Crippen LogP contribution in [-0.2, 0) is 9.47 Å². The zero-order chi connectivity index (χ0) is 15.9. The van der Waals surface area contributed by atoms with Gasteiger partial charge in [0.15, 0.2) is 17.8 Å². The second-order valence-corrected chi connectivity index (χ2v) is 5.57. The van der Waals surface area contributed by atoms with Crippen LogP contribution in [-0.4, -0.2) is 52.5 Å². The first-order valence-corrected chi connectivity index (χ1v) is 7.60. The molecule has 1 aliphatic heterocycles. The van der Waals surface area contributed by atoms with E-state index >= 15 is 0 Å². The van der Waals surface area contributed by atoms with Gasteiger partial charge < -0.3 is 29.6 Å². The molecule has 124 valence electrons. The van der Waals surface area contributed by atoms with Crippen LogP contribution in [0.25, 0.3) is 0 Å². The van der Waals surface area contributed by atoms with Gasteiger partial charge in [0.1, 0.15) is 0 Å². The zero-order valence-electron chi connectivity index (χ0n) is 13.6. The summed E-state index contributed by atoms with van der Waals surface area (Å²) in [5, 5.41) is 0. The Kier molecular flexibility index (Phi) is 6.30. The third kappa shape index (κ3) is 4.50. The fraction of sp³-hybridized carbons (Fsp3) is 0.625. The highest BCUT2D eigenvalue weighted by atomic mass is 16.7. The van der Waals surface area contributed by atoms with E-state index in [9.17, 15) is 0 Å². The van der Waals surface area contributed by atoms with Gasteiger partial charge in [-0.25, -0.2) is 0 Å². The molecule has 2 N–H and O–H groups in total. The topological polar surface area (TPSA) is 66.2 Å². The van der Waals surface area contributed by atoms with Gasteiger partial charge in [0.05, 0.1) is 32.6 Å². The van der Waals surface area contributed by atoms with E-state index in [4.69, 9.17) is 24.7 Å². The second-order valence-electron chi connectivity index (χ2n) is 5.57. The second kappa shape index (κ2) is 8.22. The standard InChI is InChI=1S/C16H26N2O4/c1-18(2)6-4-7-20-15-13(17)10-12(11-14(15)19-3)16-21-8-5-9-22-16/h10-11,16H,4-9,17H2,1-3H3. The zero-order valence-corrected chi connectivity index (χ0v) is 13.6. The predicted octanol–water partition coefficient (Wildman–Crippen LogP) is 2.04. The summed E-state index contributed by atoms with van der Waals surface area (Å²) in [7, 11) is 5.68. The minimum absolute atomic E-state index is 0.382. The first kappa shape index (κ1) is 16.9. The Morgan fingerprint density at radius 2 is 2.00 bits per heavy atom. The highest BCUT2D eigenvalue weighted by molar-refractivity contribution is 5.62. The summed E-state index contributed by atoms with van der Waals surface area (Å²) >= 11 is 0. The van der Waals surface area contributed by atoms with E-state index in [1.165, 1.54) is 0 Å². The van der Waals surface area contributed by atoms with Crippen LogP contribution in [0.4, 0.5) is 5.69 Å². The molecule has 6 heteroatoms. The molecule has 0 radical (unpaired) electrons. The molecule has 1 aromatic carbocycles. The minimum atomic E-state index is -0.382. The van der Waals surface area contributed by atoms with Crippen LogP contribution in [0.1, 0.15) is 24.7 Å². The van der Waals surface area contributed by atoms with Crippen LogP contribution in [0.5, 0.6) is 11.5 Å². The molecule has 0 aliphatic carbocycles. The molecule has 6 nitrogen and oxygen atoms in total. The van der Waals surface area contributed by atoms with Crippen LogP contribution in [0, 0.1) is 0 Å². The average Bonchev–Trinajstić information content (AvgIpc) is 2.52. The third-order valence-corrected chi connectivity index (χ3v) is 3.42. The van der Waals surface area contributed by atoms with Gasteiger partial charge in [0, 0.05) is 12.1 Å². The summed E-state index contributed by atoms with van der Waals surface area (Å²) in [4.78, 5) is 2.12. The van der Waals surface area contributed by atoms with E-state index in [0.29, 0.717) is 37.0 Å². The maximum atomic E-state index is 6.12. The molecule has 0 spiro atoms. The lowest BCUT2D eigenvalue weighted by molar-refractivity contribution is -0.183. The van der Waals surface area contributed by atoms with E-state index in [1.54, 1.807) is 7.11 Å². The van der Waals surface area contributed by atoms with Crippen molar-refractivity contribution in [2.75, 3.05) is 53.3 Å². The lowest BCUT2D eigenvalue weighted by atomic mass is 10.1. The lowest BCUT2D eigenvalue weighted by Crippen LogP contribution is -2.18. The van der Waals surface area contributed by atoms with E-state index in [2.05, 4.69) is 4.90 Å². The lowest BCUT2D eigenvalue weighted by Gasteiger charge is -2.24. The number of rotatable bonds is 7. The minimum Gasteiger partial charge on any atom is -0.493 e. The largest absolute Gasteiger partial charge is 0.493 e. The molecular formula is C16H26N2O4. The molecule has 1 fully saturated rings. The molecule has 1 aliphatic rings. The van der Waals surface area contributed by atoms with Crippen molar-refractivity contribution < 1.29 is 18.9 Å². The van der Waals surface area contributed by atoms with Crippen molar-refractivity contribution in [1.82, 2.24) is 4.90 Å². The van der Waals surface area contributed by atoms with E-state index in [-0.39, 0.29) is 6.29 Å². The van der Waals surface area contributed by atoms with Crippen molar-refractivity contribution in [3.05, 3.63) is 17.7 Å². The van der Waals surface area contributed by atoms with Gasteiger partial charge in [0.2, 0.25) is 0 Å². The van der Waals surface area contributed by atoms with E-state index < -0.39 is 0 Å². The van der Waals surface area contributed by atoms with Gasteiger partial charge in [-0.15, -0.1) is 0 Å². The van der Waals surface area contributed by atoms with Crippen LogP contribution in [0.15, 0.2) is 12.1 Å². The van der Waals surface area contributed by atoms with Crippen molar-refractivity contribution in [2.45, 2.75) is 19.1 Å². The number of hydrogen-bond acceptors (Lipinski definition) is 6. The molecular weight excluding hydrogens is 284 g/mol. The number of benzene rings is 1. The number of nitrogens with zero attached hydrogens (tertiary/aromatic N) is 1. The molecule has 0 saturated carbocycles. The first-order valence-electron chi connectivity index (χ1n) is 7.60. The van der Waals surface area contributed by atoms with Gasteiger partial charge >= 0.3 is 0 Å². The molecule has 0 atom stereocenters. The summed E-state index contributed by atoms with van der Waals surface area (Å²) in [5.74, 6) is 1.19. The van der Waals surface area contributed by atoms with Crippen molar-refractivity contribution in [3.63, 3.8) is 0 Å². The molecule has 1 heterocycles. The van der Waals surface area contributed by atoms with E-state index in [0.717, 1.165) is 24.9 Å². The predicted molar refractivity (Wildman–Crippen MR) is 85.3 cm³/mol. The molecule has 0 aromatic heterocycles. The maximum absolute atomic E-state index is 6.12. The summed E-state index contributed by atoms with van der Waals surface area (Å²) in [6.07, 6.45) is 1.45. The number of nitrogen functional groups attached to an aromatic ring is 1. The first-order chi connectivity index (χ1) is 10.6. The number of ether oxygens (including phenoxy) is 4. The van der Waals surface area contributed by atoms with Crippen molar-refractivity contribution in [3.8, 4) is 11.5 Å². The Labute approximate surface area is 132 Å². The smallest absolute Gasteiger partial charge is 0.184 e. The highest BCUT2D eigenvalue weighted by Crippen LogP contribution is 2.38. The summed E-state index contributed by atoms with van der Waals surface area (Å²) in [5.41, 5.74) is 7.51. The van der Waals surface area contributed by atoms with Gasteiger partial charge in [-0.2, -0.15) is 0 Å². The monoisotopic (exact) mass is 310 g/mol. The molecule has 22 heavy (non-hydrogen) atoms. The van der Waals surface area contributed by atoms with Gasteiger partial charge in [-0.05, 0) is 39.1 Å². The third-order valence-electron chi connectivity index (χ3n) is 3.42. The number of methoxy groups -OCH3 is 1. The fourth-order valence-corrected chi connectivity index (χ4v) is 2.32. The maximum Gasteiger partial charge on any atom is 0.184 e. The Morgan fingerprint density at radius 3 is 2.64 bits per heavy atom. The molecule has 1 saturated heterocycles. The number of hydrogen-bond donors (Lipinski definition) is 1. The van der Waals surface area contributed by atoms with Crippen molar-refractivity contribution >= 4 is 5.69 Å². The Balaban J connectivity index is 2.06. The SMILES string of the molecule is COc1cc(C2OCCCO2)cc(N)c1OCCCN(C)C. The Bertz CT molecular complexity index is 473. The van der Waals surface area contributed by atoms with Crippen LogP contribution in [0.2, 0.25) is 0 Å². The number of anilines is 1. The van der Waals surface area contributed by atoms with Crippen molar-refractivity contribution in [2.24, 2.45) is 0 Å². The summed E-state index contributed by atoms with van der Waals surface area (Å²) in [6.45, 7) is 2.93. The van der Waals surface area contributed by atoms with Crippen LogP contribution >= 0.6 is 0 Å². The van der Waals surface area contributed by atoms with E-state index in [1.807, 2.05) is 26.2 Å². The molecule has 0 unspecified atom stereocenters.